The number of rotatable bonds is 3. The van der Waals surface area contributed by atoms with E-state index in [-0.39, 0.29) is 11.9 Å². The van der Waals surface area contributed by atoms with Gasteiger partial charge in [0.25, 0.3) is 0 Å². The number of para-hydroxylation sites is 1. The normalized spacial score (nSPS) is 21.8. The van der Waals surface area contributed by atoms with Gasteiger partial charge in [-0.05, 0) is 37.8 Å². The third kappa shape index (κ3) is 3.40. The van der Waals surface area contributed by atoms with Crippen LogP contribution in [-0.4, -0.2) is 35.5 Å². The van der Waals surface area contributed by atoms with Gasteiger partial charge in [-0.15, -0.1) is 0 Å². The summed E-state index contributed by atoms with van der Waals surface area (Å²) in [5.74, 6) is 0.476. The summed E-state index contributed by atoms with van der Waals surface area (Å²) >= 11 is 0. The molecular formula is C17H22N2O3. The average Bonchev–Trinajstić information content (AvgIpc) is 3.19. The minimum absolute atomic E-state index is 0.0330. The van der Waals surface area contributed by atoms with Crippen LogP contribution in [0.1, 0.15) is 38.5 Å². The van der Waals surface area contributed by atoms with Gasteiger partial charge in [0.15, 0.2) is 0 Å². The first kappa shape index (κ1) is 14.9. The molecule has 1 saturated carbocycles. The smallest absolute Gasteiger partial charge is 0.410 e. The quantitative estimate of drug-likeness (QED) is 0.934. The molecule has 22 heavy (non-hydrogen) atoms. The van der Waals surface area contributed by atoms with Crippen LogP contribution < -0.4 is 10.1 Å². The van der Waals surface area contributed by atoms with Crippen LogP contribution in [-0.2, 0) is 4.79 Å². The van der Waals surface area contributed by atoms with Crippen LogP contribution in [0.3, 0.4) is 0 Å². The molecule has 3 rings (SSSR count). The van der Waals surface area contributed by atoms with E-state index in [2.05, 4.69) is 5.32 Å². The van der Waals surface area contributed by atoms with E-state index in [9.17, 15) is 9.59 Å². The summed E-state index contributed by atoms with van der Waals surface area (Å²) in [6, 6.07) is 8.86. The van der Waals surface area contributed by atoms with Crippen molar-refractivity contribution in [2.24, 2.45) is 0 Å². The van der Waals surface area contributed by atoms with Crippen molar-refractivity contribution in [1.82, 2.24) is 10.2 Å². The second kappa shape index (κ2) is 6.81. The highest BCUT2D eigenvalue weighted by molar-refractivity contribution is 5.86. The van der Waals surface area contributed by atoms with Crippen LogP contribution in [0.4, 0.5) is 4.79 Å². The van der Waals surface area contributed by atoms with Crippen molar-refractivity contribution in [2.45, 2.75) is 50.6 Å². The Morgan fingerprint density at radius 1 is 1.05 bits per heavy atom. The van der Waals surface area contributed by atoms with Gasteiger partial charge in [-0.1, -0.05) is 31.0 Å². The van der Waals surface area contributed by atoms with Crippen LogP contribution in [0.15, 0.2) is 30.3 Å². The maximum absolute atomic E-state index is 12.4. The third-order valence-electron chi connectivity index (χ3n) is 4.44. The summed E-state index contributed by atoms with van der Waals surface area (Å²) in [6.45, 7) is 0.578. The molecule has 2 aliphatic rings. The third-order valence-corrected chi connectivity index (χ3v) is 4.44. The molecule has 2 fully saturated rings. The monoisotopic (exact) mass is 302 g/mol. The Hall–Kier alpha value is -2.04. The number of hydrogen-bond donors (Lipinski definition) is 1. The van der Waals surface area contributed by atoms with Crippen LogP contribution in [0, 0.1) is 0 Å². The fraction of sp³-hybridized carbons (Fsp3) is 0.529. The number of benzene rings is 1. The second-order valence-corrected chi connectivity index (χ2v) is 6.02. The lowest BCUT2D eigenvalue weighted by molar-refractivity contribution is -0.125. The number of amides is 2. The predicted octanol–water partition coefficient (Wildman–Crippen LogP) is 2.71. The predicted molar refractivity (Wildman–Crippen MR) is 82.6 cm³/mol. The molecule has 1 aromatic carbocycles. The van der Waals surface area contributed by atoms with Crippen molar-refractivity contribution in [2.75, 3.05) is 6.54 Å². The number of hydrogen-bond acceptors (Lipinski definition) is 3. The van der Waals surface area contributed by atoms with Crippen LogP contribution in [0.25, 0.3) is 0 Å². The summed E-state index contributed by atoms with van der Waals surface area (Å²) < 4.78 is 5.36. The highest BCUT2D eigenvalue weighted by Gasteiger charge is 2.36. The molecule has 0 bridgehead atoms. The van der Waals surface area contributed by atoms with E-state index in [1.165, 1.54) is 12.8 Å². The SMILES string of the molecule is O=C(NC1CCCC1)[C@H]1CCCN1C(=O)Oc1ccccc1. The molecular weight excluding hydrogens is 280 g/mol. The van der Waals surface area contributed by atoms with E-state index >= 15 is 0 Å². The molecule has 2 amide bonds. The zero-order valence-corrected chi connectivity index (χ0v) is 12.7. The second-order valence-electron chi connectivity index (χ2n) is 6.02. The van der Waals surface area contributed by atoms with Crippen molar-refractivity contribution in [3.63, 3.8) is 0 Å². The van der Waals surface area contributed by atoms with E-state index in [0.717, 1.165) is 19.3 Å². The standard InChI is InChI=1S/C17H22N2O3/c20-16(18-13-7-4-5-8-13)15-11-6-12-19(15)17(21)22-14-9-2-1-3-10-14/h1-3,9-10,13,15H,4-8,11-12H2,(H,18,20)/t15-/m1/s1. The van der Waals surface area contributed by atoms with Crippen molar-refractivity contribution in [1.29, 1.82) is 0 Å². The fourth-order valence-corrected chi connectivity index (χ4v) is 3.27. The minimum atomic E-state index is -0.435. The van der Waals surface area contributed by atoms with Crippen molar-refractivity contribution in [3.8, 4) is 5.75 Å². The van der Waals surface area contributed by atoms with Gasteiger partial charge in [-0.25, -0.2) is 4.79 Å². The first-order valence-corrected chi connectivity index (χ1v) is 8.08. The van der Waals surface area contributed by atoms with E-state index in [1.54, 1.807) is 17.0 Å². The molecule has 0 aromatic heterocycles. The topological polar surface area (TPSA) is 58.6 Å². The Balaban J connectivity index is 1.59. The highest BCUT2D eigenvalue weighted by atomic mass is 16.6. The molecule has 0 spiro atoms. The van der Waals surface area contributed by atoms with Crippen molar-refractivity contribution in [3.05, 3.63) is 30.3 Å². The Kier molecular flexibility index (Phi) is 4.61. The molecule has 0 radical (unpaired) electrons. The molecule has 1 atom stereocenters. The molecule has 118 valence electrons. The summed E-state index contributed by atoms with van der Waals surface area (Å²) in [5, 5.41) is 3.08. The number of carbonyl (C=O) groups is 2. The zero-order chi connectivity index (χ0) is 15.4. The van der Waals surface area contributed by atoms with E-state index < -0.39 is 12.1 Å². The lowest BCUT2D eigenvalue weighted by Crippen LogP contribution is -2.49. The van der Waals surface area contributed by atoms with Crippen molar-refractivity contribution >= 4 is 12.0 Å². The largest absolute Gasteiger partial charge is 0.415 e. The van der Waals surface area contributed by atoms with Gasteiger partial charge in [-0.2, -0.15) is 0 Å². The molecule has 5 nitrogen and oxygen atoms in total. The lowest BCUT2D eigenvalue weighted by atomic mass is 10.2. The highest BCUT2D eigenvalue weighted by Crippen LogP contribution is 2.22. The number of nitrogens with one attached hydrogen (secondary N) is 1. The average molecular weight is 302 g/mol. The van der Waals surface area contributed by atoms with Crippen LogP contribution in [0.5, 0.6) is 5.75 Å². The summed E-state index contributed by atoms with van der Waals surface area (Å²) in [7, 11) is 0. The summed E-state index contributed by atoms with van der Waals surface area (Å²) in [5.41, 5.74) is 0. The summed E-state index contributed by atoms with van der Waals surface area (Å²) in [4.78, 5) is 26.3. The van der Waals surface area contributed by atoms with Gasteiger partial charge in [-0.3, -0.25) is 9.69 Å². The number of carbonyl (C=O) groups excluding carboxylic acids is 2. The number of ether oxygens (including phenoxy) is 1. The molecule has 1 aromatic rings. The zero-order valence-electron chi connectivity index (χ0n) is 12.7. The first-order chi connectivity index (χ1) is 10.7. The summed E-state index contributed by atoms with van der Waals surface area (Å²) in [6.07, 6.45) is 5.56. The molecule has 0 unspecified atom stereocenters. The minimum Gasteiger partial charge on any atom is -0.410 e. The maximum Gasteiger partial charge on any atom is 0.415 e. The Bertz CT molecular complexity index is 526. The van der Waals surface area contributed by atoms with Crippen LogP contribution >= 0.6 is 0 Å². The number of likely N-dealkylation sites (tertiary alicyclic amines) is 1. The van der Waals surface area contributed by atoms with Crippen molar-refractivity contribution < 1.29 is 14.3 Å². The maximum atomic E-state index is 12.4. The van der Waals surface area contributed by atoms with E-state index in [4.69, 9.17) is 4.74 Å². The molecule has 1 heterocycles. The molecule has 1 aliphatic carbocycles. The first-order valence-electron chi connectivity index (χ1n) is 8.08. The lowest BCUT2D eigenvalue weighted by Gasteiger charge is -2.24. The molecule has 1 N–H and O–H groups in total. The van der Waals surface area contributed by atoms with Gasteiger partial charge in [0.2, 0.25) is 5.91 Å². The van der Waals surface area contributed by atoms with Gasteiger partial charge < -0.3 is 10.1 Å². The van der Waals surface area contributed by atoms with Gasteiger partial charge in [0.1, 0.15) is 11.8 Å². The number of nitrogens with zero attached hydrogens (tertiary/aromatic N) is 1. The Morgan fingerprint density at radius 2 is 1.77 bits per heavy atom. The molecule has 5 heteroatoms. The van der Waals surface area contributed by atoms with Crippen LogP contribution in [0.2, 0.25) is 0 Å². The van der Waals surface area contributed by atoms with Gasteiger partial charge in [0.05, 0.1) is 0 Å². The fourth-order valence-electron chi connectivity index (χ4n) is 3.27. The van der Waals surface area contributed by atoms with Gasteiger partial charge >= 0.3 is 6.09 Å². The Labute approximate surface area is 130 Å². The molecule has 1 aliphatic heterocycles. The van der Waals surface area contributed by atoms with E-state index in [0.29, 0.717) is 18.7 Å². The van der Waals surface area contributed by atoms with E-state index in [1.807, 2.05) is 18.2 Å². The van der Waals surface area contributed by atoms with Gasteiger partial charge in [0, 0.05) is 12.6 Å². The Morgan fingerprint density at radius 3 is 2.50 bits per heavy atom. The molecule has 1 saturated heterocycles.